The zero-order valence-electron chi connectivity index (χ0n) is 32.0. The van der Waals surface area contributed by atoms with E-state index in [0.717, 1.165) is 0 Å². The molecule has 0 spiro atoms. The van der Waals surface area contributed by atoms with Gasteiger partial charge in [0.1, 0.15) is 0 Å². The van der Waals surface area contributed by atoms with E-state index in [4.69, 9.17) is 0 Å². The second-order valence-corrected chi connectivity index (χ2v) is 16.3. The van der Waals surface area contributed by atoms with E-state index in [1.807, 2.05) is 0 Å². The Bertz CT molecular complexity index is 3430. The molecule has 0 bridgehead atoms. The highest BCUT2D eigenvalue weighted by Gasteiger charge is 2.39. The third-order valence-corrected chi connectivity index (χ3v) is 13.0. The summed E-state index contributed by atoms with van der Waals surface area (Å²) in [4.78, 5) is 0. The van der Waals surface area contributed by atoms with Crippen LogP contribution in [-0.4, -0.2) is 0 Å². The van der Waals surface area contributed by atoms with E-state index < -0.39 is 0 Å². The third kappa shape index (κ3) is 4.50. The second-order valence-electron chi connectivity index (χ2n) is 16.3. The summed E-state index contributed by atoms with van der Waals surface area (Å²) < 4.78 is 0. The lowest BCUT2D eigenvalue weighted by Crippen LogP contribution is -2.15. The largest absolute Gasteiger partial charge is 0.0616 e. The van der Waals surface area contributed by atoms with Gasteiger partial charge in [-0.25, -0.2) is 0 Å². The molecule has 0 atom stereocenters. The van der Waals surface area contributed by atoms with Gasteiger partial charge >= 0.3 is 0 Å². The van der Waals surface area contributed by atoms with Gasteiger partial charge in [0.2, 0.25) is 0 Å². The first kappa shape index (κ1) is 32.2. The van der Waals surface area contributed by atoms with Crippen molar-refractivity contribution in [3.8, 4) is 44.5 Å². The fourth-order valence-electron chi connectivity index (χ4n) is 10.6. The van der Waals surface area contributed by atoms with Crippen LogP contribution in [0.4, 0.5) is 0 Å². The maximum absolute atomic E-state index is 2.45. The molecule has 266 valence electrons. The van der Waals surface area contributed by atoms with Gasteiger partial charge in [0.05, 0.1) is 0 Å². The van der Waals surface area contributed by atoms with Crippen LogP contribution in [-0.2, 0) is 5.41 Å². The van der Waals surface area contributed by atoms with Crippen molar-refractivity contribution >= 4 is 64.6 Å². The molecule has 0 saturated heterocycles. The molecule has 0 aromatic heterocycles. The van der Waals surface area contributed by atoms with Crippen molar-refractivity contribution < 1.29 is 0 Å². The first-order valence-corrected chi connectivity index (χ1v) is 20.1. The summed E-state index contributed by atoms with van der Waals surface area (Å²) in [7, 11) is 0. The summed E-state index contributed by atoms with van der Waals surface area (Å²) in [5.74, 6) is 0. The zero-order valence-corrected chi connectivity index (χ0v) is 32.0. The average molecular weight is 723 g/mol. The van der Waals surface area contributed by atoms with Gasteiger partial charge in [-0.05, 0) is 126 Å². The van der Waals surface area contributed by atoms with Crippen LogP contribution in [0.15, 0.2) is 194 Å². The number of hydrogen-bond acceptors (Lipinski definition) is 0. The molecule has 0 heteroatoms. The Kier molecular flexibility index (Phi) is 6.78. The minimum atomic E-state index is -0.155. The van der Waals surface area contributed by atoms with Crippen LogP contribution in [0.5, 0.6) is 0 Å². The molecule has 0 fully saturated rings. The van der Waals surface area contributed by atoms with E-state index in [-0.39, 0.29) is 5.41 Å². The Morgan fingerprint density at radius 2 is 0.754 bits per heavy atom. The molecule has 0 unspecified atom stereocenters. The van der Waals surface area contributed by atoms with Gasteiger partial charge in [0, 0.05) is 5.41 Å². The van der Waals surface area contributed by atoms with E-state index >= 15 is 0 Å². The Labute approximate surface area is 332 Å². The molecule has 0 heterocycles. The lowest BCUT2D eigenvalue weighted by Gasteiger charge is -2.24. The van der Waals surface area contributed by atoms with Gasteiger partial charge in [0.15, 0.2) is 0 Å². The van der Waals surface area contributed by atoms with Crippen molar-refractivity contribution in [3.05, 3.63) is 205 Å². The van der Waals surface area contributed by atoms with Crippen molar-refractivity contribution in [1.29, 1.82) is 0 Å². The van der Waals surface area contributed by atoms with E-state index in [9.17, 15) is 0 Å². The minimum absolute atomic E-state index is 0.155. The number of fused-ring (bicyclic) bond motifs is 13. The highest BCUT2D eigenvalue weighted by molar-refractivity contribution is 6.25. The Hall–Kier alpha value is -7.02. The zero-order chi connectivity index (χ0) is 37.8. The predicted octanol–water partition coefficient (Wildman–Crippen LogP) is 15.9. The lowest BCUT2D eigenvalue weighted by atomic mass is 9.79. The first-order valence-electron chi connectivity index (χ1n) is 20.1. The highest BCUT2D eigenvalue weighted by Crippen LogP contribution is 2.57. The van der Waals surface area contributed by atoms with Crippen LogP contribution >= 0.6 is 0 Å². The fraction of sp³-hybridized carbons (Fsp3) is 0.0526. The average Bonchev–Trinajstić information content (AvgIpc) is 3.52. The number of hydrogen-bond donors (Lipinski definition) is 0. The van der Waals surface area contributed by atoms with Crippen LogP contribution < -0.4 is 0 Å². The molecule has 0 amide bonds. The Morgan fingerprint density at radius 1 is 0.281 bits per heavy atom. The topological polar surface area (TPSA) is 0 Å². The van der Waals surface area contributed by atoms with Gasteiger partial charge in [-0.2, -0.15) is 0 Å². The van der Waals surface area contributed by atoms with Crippen LogP contribution in [0, 0.1) is 0 Å². The van der Waals surface area contributed by atoms with Gasteiger partial charge in [0.25, 0.3) is 0 Å². The molecule has 0 radical (unpaired) electrons. The maximum Gasteiger partial charge on any atom is 0.0165 e. The molecule has 11 aromatic rings. The van der Waals surface area contributed by atoms with Gasteiger partial charge in [-0.3, -0.25) is 0 Å². The number of benzene rings is 11. The standard InChI is InChI=1S/C57H38/c1-57(2)51-31-15-28-39(54(51)55-45-22-7-5-20-41(45)42-21-6-12-27-50(42)56(55)57)36-17-13-18-37(34-36)52-46-23-8-10-25-48(46)53(49-26-11-9-24-47(49)52)44-30-14-29-40-38-19-4-3-16-35(38)32-33-43(40)44/h3-34H,1-2H3. The Morgan fingerprint density at radius 3 is 1.46 bits per heavy atom. The molecule has 11 aromatic carbocycles. The Balaban J connectivity index is 1.12. The summed E-state index contributed by atoms with van der Waals surface area (Å²) in [6.07, 6.45) is 0. The molecule has 0 nitrogen and oxygen atoms in total. The molecule has 0 saturated carbocycles. The highest BCUT2D eigenvalue weighted by atomic mass is 14.4. The summed E-state index contributed by atoms with van der Waals surface area (Å²) >= 11 is 0. The van der Waals surface area contributed by atoms with Crippen molar-refractivity contribution in [2.45, 2.75) is 19.3 Å². The molecule has 12 rings (SSSR count). The fourth-order valence-corrected chi connectivity index (χ4v) is 10.6. The SMILES string of the molecule is CC1(C)c2cccc(-c3cccc(-c4c5ccccc5c(-c5cccc6c5ccc5ccccc56)c5ccccc45)c3)c2-c2c1c1ccccc1c1ccccc21. The molecular weight excluding hydrogens is 685 g/mol. The van der Waals surface area contributed by atoms with Crippen molar-refractivity contribution in [2.75, 3.05) is 0 Å². The van der Waals surface area contributed by atoms with Crippen LogP contribution in [0.25, 0.3) is 109 Å². The summed E-state index contributed by atoms with van der Waals surface area (Å²) in [5, 5.41) is 15.5. The monoisotopic (exact) mass is 722 g/mol. The van der Waals surface area contributed by atoms with Gasteiger partial charge < -0.3 is 0 Å². The van der Waals surface area contributed by atoms with Gasteiger partial charge in [-0.15, -0.1) is 0 Å². The minimum Gasteiger partial charge on any atom is -0.0616 e. The molecule has 1 aliphatic carbocycles. The molecule has 57 heavy (non-hydrogen) atoms. The first-order chi connectivity index (χ1) is 28.1. The van der Waals surface area contributed by atoms with Crippen molar-refractivity contribution in [2.24, 2.45) is 0 Å². The maximum atomic E-state index is 2.45. The lowest BCUT2D eigenvalue weighted by molar-refractivity contribution is 0.666. The van der Waals surface area contributed by atoms with E-state index in [1.165, 1.54) is 120 Å². The number of rotatable bonds is 3. The summed E-state index contributed by atoms with van der Waals surface area (Å²) in [5.41, 5.74) is 13.0. The van der Waals surface area contributed by atoms with Gasteiger partial charge in [-0.1, -0.05) is 202 Å². The molecule has 0 N–H and O–H groups in total. The van der Waals surface area contributed by atoms with E-state index in [2.05, 4.69) is 208 Å². The summed E-state index contributed by atoms with van der Waals surface area (Å²) in [6, 6.07) is 72.5. The van der Waals surface area contributed by atoms with Crippen molar-refractivity contribution in [1.82, 2.24) is 0 Å². The molecular formula is C57H38. The van der Waals surface area contributed by atoms with Crippen LogP contribution in [0.2, 0.25) is 0 Å². The quantitative estimate of drug-likeness (QED) is 0.126. The summed E-state index contributed by atoms with van der Waals surface area (Å²) in [6.45, 7) is 4.83. The normalized spacial score (nSPS) is 13.2. The smallest absolute Gasteiger partial charge is 0.0165 e. The van der Waals surface area contributed by atoms with Crippen molar-refractivity contribution in [3.63, 3.8) is 0 Å². The predicted molar refractivity (Wildman–Crippen MR) is 245 cm³/mol. The van der Waals surface area contributed by atoms with Crippen LogP contribution in [0.1, 0.15) is 25.0 Å². The second kappa shape index (κ2) is 12.0. The van der Waals surface area contributed by atoms with E-state index in [1.54, 1.807) is 0 Å². The van der Waals surface area contributed by atoms with Crippen LogP contribution in [0.3, 0.4) is 0 Å². The molecule has 1 aliphatic rings. The molecule has 0 aliphatic heterocycles. The van der Waals surface area contributed by atoms with E-state index in [0.29, 0.717) is 0 Å². The third-order valence-electron chi connectivity index (χ3n) is 13.0.